The van der Waals surface area contributed by atoms with Crippen LogP contribution in [0.25, 0.3) is 0 Å². The lowest BCUT2D eigenvalue weighted by atomic mass is 9.96. The van der Waals surface area contributed by atoms with Crippen molar-refractivity contribution in [2.75, 3.05) is 20.2 Å². The number of amides is 1. The Morgan fingerprint density at radius 2 is 2.00 bits per heavy atom. The average molecular weight is 314 g/mol. The van der Waals surface area contributed by atoms with Crippen LogP contribution < -0.4 is 5.32 Å². The Bertz CT molecular complexity index is 341. The summed E-state index contributed by atoms with van der Waals surface area (Å²) in [5, 5.41) is 3.48. The molecule has 1 aliphatic rings. The lowest BCUT2D eigenvalue weighted by molar-refractivity contribution is 0.00767. The van der Waals surface area contributed by atoms with Gasteiger partial charge >= 0.3 is 6.09 Å². The van der Waals surface area contributed by atoms with Crippen LogP contribution in [0.5, 0.6) is 0 Å². The predicted octanol–water partition coefficient (Wildman–Crippen LogP) is 3.18. The number of nitrogens with zero attached hydrogens (tertiary/aromatic N) is 1. The molecule has 3 atom stereocenters. The molecule has 1 rings (SSSR count). The molecule has 0 radical (unpaired) electrons. The lowest BCUT2D eigenvalue weighted by Gasteiger charge is -2.38. The van der Waals surface area contributed by atoms with Crippen LogP contribution in [-0.4, -0.2) is 55.0 Å². The van der Waals surface area contributed by atoms with Crippen LogP contribution in [0, 0.1) is 0 Å². The number of ether oxygens (including phenoxy) is 2. The number of likely N-dealkylation sites (tertiary alicyclic amines) is 1. The van der Waals surface area contributed by atoms with Gasteiger partial charge in [0.15, 0.2) is 0 Å². The van der Waals surface area contributed by atoms with Crippen LogP contribution in [0.4, 0.5) is 4.79 Å². The third-order valence-corrected chi connectivity index (χ3v) is 4.04. The summed E-state index contributed by atoms with van der Waals surface area (Å²) in [4.78, 5) is 14.3. The summed E-state index contributed by atoms with van der Waals surface area (Å²) in [6.07, 6.45) is 4.30. The standard InChI is InChI=1S/C17H34N2O3/c1-13(18-12-14(2)21-6)11-15-9-7-8-10-19(15)16(20)22-17(3,4)5/h13-15,18H,7-12H2,1-6H3. The van der Waals surface area contributed by atoms with E-state index in [2.05, 4.69) is 12.2 Å². The molecular formula is C17H34N2O3. The average Bonchev–Trinajstić information content (AvgIpc) is 2.43. The summed E-state index contributed by atoms with van der Waals surface area (Å²) in [7, 11) is 1.72. The Balaban J connectivity index is 2.52. The Morgan fingerprint density at radius 3 is 2.59 bits per heavy atom. The molecule has 0 aromatic rings. The van der Waals surface area contributed by atoms with E-state index < -0.39 is 5.60 Å². The largest absolute Gasteiger partial charge is 0.444 e. The van der Waals surface area contributed by atoms with Crippen molar-refractivity contribution in [2.45, 2.75) is 84.1 Å². The van der Waals surface area contributed by atoms with Crippen molar-refractivity contribution < 1.29 is 14.3 Å². The zero-order valence-corrected chi connectivity index (χ0v) is 15.1. The van der Waals surface area contributed by atoms with Gasteiger partial charge in [-0.15, -0.1) is 0 Å². The number of nitrogens with one attached hydrogen (secondary N) is 1. The van der Waals surface area contributed by atoms with Crippen LogP contribution in [0.15, 0.2) is 0 Å². The van der Waals surface area contributed by atoms with Crippen LogP contribution in [0.1, 0.15) is 60.3 Å². The molecule has 130 valence electrons. The van der Waals surface area contributed by atoms with Gasteiger partial charge in [-0.05, 0) is 60.3 Å². The zero-order valence-electron chi connectivity index (χ0n) is 15.1. The number of hydrogen-bond acceptors (Lipinski definition) is 4. The van der Waals surface area contributed by atoms with Crippen molar-refractivity contribution >= 4 is 6.09 Å². The van der Waals surface area contributed by atoms with Crippen molar-refractivity contribution in [1.82, 2.24) is 10.2 Å². The molecule has 1 saturated heterocycles. The van der Waals surface area contributed by atoms with Gasteiger partial charge in [0.2, 0.25) is 0 Å². The molecule has 3 unspecified atom stereocenters. The summed E-state index contributed by atoms with van der Waals surface area (Å²) in [5.41, 5.74) is -0.434. The summed E-state index contributed by atoms with van der Waals surface area (Å²) >= 11 is 0. The van der Waals surface area contributed by atoms with E-state index in [4.69, 9.17) is 9.47 Å². The van der Waals surface area contributed by atoms with E-state index >= 15 is 0 Å². The van der Waals surface area contributed by atoms with Crippen LogP contribution >= 0.6 is 0 Å². The van der Waals surface area contributed by atoms with Crippen molar-refractivity contribution in [3.8, 4) is 0 Å². The second-order valence-electron chi connectivity index (χ2n) is 7.41. The number of carbonyl (C=O) groups is 1. The molecule has 0 bridgehead atoms. The van der Waals surface area contributed by atoms with E-state index in [0.29, 0.717) is 6.04 Å². The van der Waals surface area contributed by atoms with Gasteiger partial charge in [-0.3, -0.25) is 0 Å². The summed E-state index contributed by atoms with van der Waals surface area (Å²) in [5.74, 6) is 0. The van der Waals surface area contributed by atoms with Gasteiger partial charge in [0.05, 0.1) is 6.10 Å². The fraction of sp³-hybridized carbons (Fsp3) is 0.941. The van der Waals surface area contributed by atoms with Crippen LogP contribution in [0.2, 0.25) is 0 Å². The van der Waals surface area contributed by atoms with Crippen molar-refractivity contribution in [1.29, 1.82) is 0 Å². The summed E-state index contributed by atoms with van der Waals surface area (Å²) in [6, 6.07) is 0.620. The highest BCUT2D eigenvalue weighted by Crippen LogP contribution is 2.23. The highest BCUT2D eigenvalue weighted by atomic mass is 16.6. The van der Waals surface area contributed by atoms with E-state index in [0.717, 1.165) is 32.4 Å². The Labute approximate surface area is 135 Å². The first-order valence-electron chi connectivity index (χ1n) is 8.48. The Morgan fingerprint density at radius 1 is 1.32 bits per heavy atom. The minimum atomic E-state index is -0.434. The molecule has 22 heavy (non-hydrogen) atoms. The fourth-order valence-electron chi connectivity index (χ4n) is 2.75. The van der Waals surface area contributed by atoms with Gasteiger partial charge in [-0.1, -0.05) is 0 Å². The van der Waals surface area contributed by atoms with Crippen molar-refractivity contribution in [3.05, 3.63) is 0 Å². The highest BCUT2D eigenvalue weighted by molar-refractivity contribution is 5.68. The smallest absolute Gasteiger partial charge is 0.410 e. The number of hydrogen-bond donors (Lipinski definition) is 1. The molecular weight excluding hydrogens is 280 g/mol. The minimum absolute atomic E-state index is 0.172. The first-order valence-corrected chi connectivity index (χ1v) is 8.48. The van der Waals surface area contributed by atoms with Gasteiger partial charge in [0.1, 0.15) is 5.60 Å². The van der Waals surface area contributed by atoms with E-state index in [-0.39, 0.29) is 18.2 Å². The molecule has 5 nitrogen and oxygen atoms in total. The molecule has 1 amide bonds. The molecule has 1 N–H and O–H groups in total. The van der Waals surface area contributed by atoms with Crippen LogP contribution in [0.3, 0.4) is 0 Å². The summed E-state index contributed by atoms with van der Waals surface area (Å²) < 4.78 is 10.8. The molecule has 0 saturated carbocycles. The maximum absolute atomic E-state index is 12.4. The predicted molar refractivity (Wildman–Crippen MR) is 89.1 cm³/mol. The molecule has 0 aromatic heterocycles. The monoisotopic (exact) mass is 314 g/mol. The maximum atomic E-state index is 12.4. The van der Waals surface area contributed by atoms with E-state index in [1.54, 1.807) is 7.11 Å². The Hall–Kier alpha value is -0.810. The van der Waals surface area contributed by atoms with Gasteiger partial charge < -0.3 is 19.7 Å². The topological polar surface area (TPSA) is 50.8 Å². The second-order valence-corrected chi connectivity index (χ2v) is 7.41. The Kier molecular flexibility index (Phi) is 7.63. The van der Waals surface area contributed by atoms with E-state index in [9.17, 15) is 4.79 Å². The number of methoxy groups -OCH3 is 1. The van der Waals surface area contributed by atoms with Crippen molar-refractivity contribution in [3.63, 3.8) is 0 Å². The maximum Gasteiger partial charge on any atom is 0.410 e. The normalized spacial score (nSPS) is 22.3. The molecule has 0 aromatic carbocycles. The van der Waals surface area contributed by atoms with Crippen molar-refractivity contribution in [2.24, 2.45) is 0 Å². The first-order chi connectivity index (χ1) is 10.2. The SMILES string of the molecule is COC(C)CNC(C)CC1CCCCN1C(=O)OC(C)(C)C. The molecule has 5 heteroatoms. The van der Waals surface area contributed by atoms with Gasteiger partial charge in [0, 0.05) is 32.3 Å². The highest BCUT2D eigenvalue weighted by Gasteiger charge is 2.31. The summed E-state index contributed by atoms with van der Waals surface area (Å²) in [6.45, 7) is 11.6. The second kappa shape index (κ2) is 8.73. The molecule has 1 aliphatic heterocycles. The van der Waals surface area contributed by atoms with E-state index in [1.807, 2.05) is 32.6 Å². The zero-order chi connectivity index (χ0) is 16.8. The number of rotatable bonds is 6. The third-order valence-electron chi connectivity index (χ3n) is 4.04. The number of carbonyl (C=O) groups excluding carboxylic acids is 1. The fourth-order valence-corrected chi connectivity index (χ4v) is 2.75. The number of piperidine rings is 1. The minimum Gasteiger partial charge on any atom is -0.444 e. The molecule has 1 fully saturated rings. The quantitative estimate of drug-likeness (QED) is 0.818. The van der Waals surface area contributed by atoms with Gasteiger partial charge in [-0.25, -0.2) is 4.79 Å². The molecule has 0 spiro atoms. The lowest BCUT2D eigenvalue weighted by Crippen LogP contribution is -2.48. The van der Waals surface area contributed by atoms with E-state index in [1.165, 1.54) is 6.42 Å². The third kappa shape index (κ3) is 6.97. The van der Waals surface area contributed by atoms with Crippen LogP contribution in [-0.2, 0) is 9.47 Å². The van der Waals surface area contributed by atoms with Gasteiger partial charge in [0.25, 0.3) is 0 Å². The molecule has 1 heterocycles. The first kappa shape index (κ1) is 19.2. The van der Waals surface area contributed by atoms with Gasteiger partial charge in [-0.2, -0.15) is 0 Å². The molecule has 0 aliphatic carbocycles.